The zero-order chi connectivity index (χ0) is 24.6. The van der Waals surface area contributed by atoms with Crippen LogP contribution in [0.25, 0.3) is 0 Å². The van der Waals surface area contributed by atoms with Crippen LogP contribution in [0.3, 0.4) is 0 Å². The van der Waals surface area contributed by atoms with Gasteiger partial charge in [0.2, 0.25) is 5.91 Å². The van der Waals surface area contributed by atoms with Gasteiger partial charge < -0.3 is 10.1 Å². The van der Waals surface area contributed by atoms with Crippen molar-refractivity contribution in [3.63, 3.8) is 0 Å². The summed E-state index contributed by atoms with van der Waals surface area (Å²) in [6.07, 6.45) is 4.02. The third kappa shape index (κ3) is 4.33. The van der Waals surface area contributed by atoms with Crippen LogP contribution in [0, 0.1) is 19.8 Å². The maximum Gasteiger partial charge on any atom is 0.358 e. The summed E-state index contributed by atoms with van der Waals surface area (Å²) in [5.41, 5.74) is 1.89. The van der Waals surface area contributed by atoms with E-state index in [1.807, 2.05) is 32.0 Å². The number of carbonyl (C=O) groups excluding carboxylic acids is 3. The molecule has 34 heavy (non-hydrogen) atoms. The number of carbonyl (C=O) groups is 3. The standard InChI is InChI=1S/C26H34N4O4/c1-6-34-24(32)21-14-22-23(31)30(20-12-9-17(3)18(4)13-20)26(5,15-29(22)28-21)25(33)27-19-10-7-16(2)8-11-19/h9,12-14,16,19H,6-8,10-11,15H2,1-5H3,(H,27,33)/t16?,19?,26-/m1/s1. The van der Waals surface area contributed by atoms with Crippen LogP contribution in [0.15, 0.2) is 24.3 Å². The molecular weight excluding hydrogens is 432 g/mol. The number of rotatable bonds is 5. The first-order valence-electron chi connectivity index (χ1n) is 12.1. The summed E-state index contributed by atoms with van der Waals surface area (Å²) < 4.78 is 6.54. The van der Waals surface area contributed by atoms with Crippen LogP contribution in [0.4, 0.5) is 5.69 Å². The Morgan fingerprint density at radius 3 is 2.50 bits per heavy atom. The third-order valence-electron chi connectivity index (χ3n) is 7.23. The van der Waals surface area contributed by atoms with E-state index in [9.17, 15) is 14.4 Å². The number of benzene rings is 1. The molecule has 0 bridgehead atoms. The smallest absolute Gasteiger partial charge is 0.358 e. The molecule has 2 aliphatic rings. The summed E-state index contributed by atoms with van der Waals surface area (Å²) in [6, 6.07) is 7.29. The number of aromatic nitrogens is 2. The van der Waals surface area contributed by atoms with Gasteiger partial charge in [-0.25, -0.2) is 4.79 Å². The van der Waals surface area contributed by atoms with Crippen LogP contribution in [0.1, 0.15) is 78.6 Å². The molecule has 182 valence electrons. The Kier molecular flexibility index (Phi) is 6.51. The van der Waals surface area contributed by atoms with Crippen LogP contribution in [-0.4, -0.2) is 45.8 Å². The highest BCUT2D eigenvalue weighted by Crippen LogP contribution is 2.34. The van der Waals surface area contributed by atoms with E-state index in [2.05, 4.69) is 17.3 Å². The van der Waals surface area contributed by atoms with E-state index in [-0.39, 0.29) is 42.4 Å². The van der Waals surface area contributed by atoms with Gasteiger partial charge in [-0.15, -0.1) is 0 Å². The van der Waals surface area contributed by atoms with E-state index in [1.165, 1.54) is 10.7 Å². The Bertz CT molecular complexity index is 1120. The molecule has 4 rings (SSSR count). The Hall–Kier alpha value is -3.16. The highest BCUT2D eigenvalue weighted by molar-refractivity contribution is 6.12. The van der Waals surface area contributed by atoms with Gasteiger partial charge in [-0.3, -0.25) is 19.2 Å². The van der Waals surface area contributed by atoms with Gasteiger partial charge in [0.05, 0.1) is 13.2 Å². The number of hydrogen-bond acceptors (Lipinski definition) is 5. The van der Waals surface area contributed by atoms with Gasteiger partial charge in [-0.05, 0) is 82.6 Å². The van der Waals surface area contributed by atoms with Gasteiger partial charge in [0.25, 0.3) is 5.91 Å². The quantitative estimate of drug-likeness (QED) is 0.677. The lowest BCUT2D eigenvalue weighted by atomic mass is 9.86. The number of esters is 1. The van der Waals surface area contributed by atoms with Crippen molar-refractivity contribution < 1.29 is 19.1 Å². The first kappa shape index (κ1) is 24.0. The fourth-order valence-electron chi connectivity index (χ4n) is 4.90. The lowest BCUT2D eigenvalue weighted by Crippen LogP contribution is -2.65. The van der Waals surface area contributed by atoms with Crippen LogP contribution in [-0.2, 0) is 16.1 Å². The van der Waals surface area contributed by atoms with Crippen molar-refractivity contribution in [1.29, 1.82) is 0 Å². The van der Waals surface area contributed by atoms with Crippen molar-refractivity contribution in [3.05, 3.63) is 46.8 Å². The number of ether oxygens (including phenoxy) is 1. The van der Waals surface area contributed by atoms with Gasteiger partial charge in [0.15, 0.2) is 5.69 Å². The number of nitrogens with one attached hydrogen (secondary N) is 1. The summed E-state index contributed by atoms with van der Waals surface area (Å²) in [5.74, 6) is -0.498. The molecule has 8 heteroatoms. The van der Waals surface area contributed by atoms with Crippen molar-refractivity contribution >= 4 is 23.5 Å². The zero-order valence-corrected chi connectivity index (χ0v) is 20.7. The van der Waals surface area contributed by atoms with E-state index in [0.29, 0.717) is 11.6 Å². The molecule has 8 nitrogen and oxygen atoms in total. The normalized spacial score (nSPS) is 24.5. The Balaban J connectivity index is 1.73. The number of amides is 2. The second kappa shape index (κ2) is 9.24. The van der Waals surface area contributed by atoms with Gasteiger partial charge in [-0.2, -0.15) is 5.10 Å². The molecule has 1 saturated carbocycles. The minimum atomic E-state index is -1.22. The minimum Gasteiger partial charge on any atom is -0.461 e. The summed E-state index contributed by atoms with van der Waals surface area (Å²) in [6.45, 7) is 10.1. The summed E-state index contributed by atoms with van der Waals surface area (Å²) >= 11 is 0. The second-order valence-electron chi connectivity index (χ2n) is 9.91. The molecule has 0 unspecified atom stereocenters. The largest absolute Gasteiger partial charge is 0.461 e. The maximum atomic E-state index is 13.8. The lowest BCUT2D eigenvalue weighted by molar-refractivity contribution is -0.127. The van der Waals surface area contributed by atoms with Gasteiger partial charge in [0.1, 0.15) is 11.2 Å². The van der Waals surface area contributed by atoms with E-state index >= 15 is 0 Å². The van der Waals surface area contributed by atoms with Crippen molar-refractivity contribution in [2.75, 3.05) is 11.5 Å². The van der Waals surface area contributed by atoms with Gasteiger partial charge >= 0.3 is 5.97 Å². The Labute approximate surface area is 200 Å². The lowest BCUT2D eigenvalue weighted by Gasteiger charge is -2.44. The SMILES string of the molecule is CCOC(=O)c1cc2n(n1)C[C@](C)(C(=O)NC1CCC(C)CC1)N(c1ccc(C)c(C)c1)C2=O. The average molecular weight is 467 g/mol. The van der Waals surface area contributed by atoms with Gasteiger partial charge in [-0.1, -0.05) is 13.0 Å². The summed E-state index contributed by atoms with van der Waals surface area (Å²) in [7, 11) is 0. The van der Waals surface area contributed by atoms with Crippen LogP contribution in [0.5, 0.6) is 0 Å². The van der Waals surface area contributed by atoms with E-state index in [4.69, 9.17) is 4.74 Å². The molecule has 2 aromatic rings. The first-order valence-corrected chi connectivity index (χ1v) is 12.1. The predicted molar refractivity (Wildman–Crippen MR) is 129 cm³/mol. The van der Waals surface area contributed by atoms with Crippen LogP contribution < -0.4 is 10.2 Å². The molecule has 0 saturated heterocycles. The number of anilines is 1. The summed E-state index contributed by atoms with van der Waals surface area (Å²) in [4.78, 5) is 41.4. The van der Waals surface area contributed by atoms with E-state index in [0.717, 1.165) is 36.8 Å². The number of nitrogens with zero attached hydrogens (tertiary/aromatic N) is 3. The van der Waals surface area contributed by atoms with Crippen LogP contribution >= 0.6 is 0 Å². The average Bonchev–Trinajstić information content (AvgIpc) is 3.22. The van der Waals surface area contributed by atoms with Crippen LogP contribution in [0.2, 0.25) is 0 Å². The van der Waals surface area contributed by atoms with E-state index in [1.54, 1.807) is 18.7 Å². The molecule has 2 amide bonds. The van der Waals surface area contributed by atoms with Crippen molar-refractivity contribution in [2.45, 2.75) is 78.4 Å². The minimum absolute atomic E-state index is 0.0659. The molecule has 1 N–H and O–H groups in total. The Morgan fingerprint density at radius 2 is 1.85 bits per heavy atom. The van der Waals surface area contributed by atoms with E-state index < -0.39 is 11.5 Å². The molecule has 1 fully saturated rings. The fourth-order valence-corrected chi connectivity index (χ4v) is 4.90. The molecular formula is C26H34N4O4. The van der Waals surface area contributed by atoms with Gasteiger partial charge in [0, 0.05) is 17.8 Å². The van der Waals surface area contributed by atoms with Crippen molar-refractivity contribution in [2.24, 2.45) is 5.92 Å². The highest BCUT2D eigenvalue weighted by atomic mass is 16.5. The number of hydrogen-bond donors (Lipinski definition) is 1. The number of fused-ring (bicyclic) bond motifs is 1. The molecule has 1 aromatic heterocycles. The number of aryl methyl sites for hydroxylation is 2. The van der Waals surface area contributed by atoms with Crippen molar-refractivity contribution in [3.8, 4) is 0 Å². The first-order chi connectivity index (χ1) is 16.1. The van der Waals surface area contributed by atoms with Crippen molar-refractivity contribution in [1.82, 2.24) is 15.1 Å². The predicted octanol–water partition coefficient (Wildman–Crippen LogP) is 3.79. The molecule has 1 aliphatic heterocycles. The summed E-state index contributed by atoms with van der Waals surface area (Å²) in [5, 5.41) is 7.54. The highest BCUT2D eigenvalue weighted by Gasteiger charge is 2.49. The monoisotopic (exact) mass is 466 g/mol. The molecule has 1 aliphatic carbocycles. The topological polar surface area (TPSA) is 93.5 Å². The fraction of sp³-hybridized carbons (Fsp3) is 0.538. The molecule has 0 radical (unpaired) electrons. The molecule has 1 atom stereocenters. The molecule has 1 aromatic carbocycles. The third-order valence-corrected chi connectivity index (χ3v) is 7.23. The second-order valence-corrected chi connectivity index (χ2v) is 9.91. The molecule has 2 heterocycles. The maximum absolute atomic E-state index is 13.8. The molecule has 0 spiro atoms. The Morgan fingerprint density at radius 1 is 1.15 bits per heavy atom. The zero-order valence-electron chi connectivity index (χ0n) is 20.7.